The van der Waals surface area contributed by atoms with Gasteiger partial charge in [0, 0.05) is 37.5 Å². The van der Waals surface area contributed by atoms with Crippen LogP contribution in [0.5, 0.6) is 0 Å². The zero-order chi connectivity index (χ0) is 20.5. The number of rotatable bonds is 5. The van der Waals surface area contributed by atoms with Crippen molar-refractivity contribution in [1.29, 1.82) is 0 Å². The lowest BCUT2D eigenvalue weighted by Gasteiger charge is -2.29. The number of hydrogen-bond acceptors (Lipinski definition) is 6. The van der Waals surface area contributed by atoms with Crippen LogP contribution in [0.3, 0.4) is 0 Å². The SMILES string of the molecule is Cc1cccc(-c2ccn(-c3cc(N4CCOCC4)c4ncn(CCO)c4n3)n2)c1. The Kier molecular flexibility index (Phi) is 4.94. The third-order valence-electron chi connectivity index (χ3n) is 5.37. The van der Waals surface area contributed by atoms with E-state index < -0.39 is 0 Å². The standard InChI is InChI=1S/C22H24N6O2/c1-16-3-2-4-17(13-16)18-5-6-28(25-18)20-14-19(26-8-11-30-12-9-26)21-22(24-20)27(7-10-29)15-23-21/h2-6,13-15,29H,7-12H2,1H3. The quantitative estimate of drug-likeness (QED) is 0.550. The molecule has 0 saturated carbocycles. The first-order chi connectivity index (χ1) is 14.7. The molecule has 154 valence electrons. The Hall–Kier alpha value is -3.23. The van der Waals surface area contributed by atoms with Gasteiger partial charge in [-0.15, -0.1) is 0 Å². The summed E-state index contributed by atoms with van der Waals surface area (Å²) in [6.45, 7) is 5.54. The third kappa shape index (κ3) is 3.44. The maximum absolute atomic E-state index is 9.43. The van der Waals surface area contributed by atoms with E-state index in [0.717, 1.165) is 47.0 Å². The maximum atomic E-state index is 9.43. The summed E-state index contributed by atoms with van der Waals surface area (Å²) >= 11 is 0. The van der Waals surface area contributed by atoms with Crippen molar-refractivity contribution in [1.82, 2.24) is 24.3 Å². The van der Waals surface area contributed by atoms with E-state index >= 15 is 0 Å². The van der Waals surface area contributed by atoms with Crippen LogP contribution in [0.1, 0.15) is 5.56 Å². The topological polar surface area (TPSA) is 81.2 Å². The Morgan fingerprint density at radius 2 is 2.00 bits per heavy atom. The molecular formula is C22H24N6O2. The molecule has 1 N–H and O–H groups in total. The molecule has 0 spiro atoms. The molecular weight excluding hydrogens is 380 g/mol. The molecule has 0 bridgehead atoms. The first-order valence-electron chi connectivity index (χ1n) is 10.2. The molecule has 4 heterocycles. The maximum Gasteiger partial charge on any atom is 0.164 e. The number of imidazole rings is 1. The molecule has 1 aromatic carbocycles. The van der Waals surface area contributed by atoms with Gasteiger partial charge in [0.25, 0.3) is 0 Å². The number of fused-ring (bicyclic) bond motifs is 1. The van der Waals surface area contributed by atoms with E-state index in [9.17, 15) is 5.11 Å². The van der Waals surface area contributed by atoms with Crippen LogP contribution in [0.2, 0.25) is 0 Å². The highest BCUT2D eigenvalue weighted by atomic mass is 16.5. The molecule has 1 saturated heterocycles. The zero-order valence-electron chi connectivity index (χ0n) is 16.9. The molecule has 30 heavy (non-hydrogen) atoms. The summed E-state index contributed by atoms with van der Waals surface area (Å²) in [6, 6.07) is 12.3. The minimum Gasteiger partial charge on any atom is -0.395 e. The molecule has 0 atom stereocenters. The van der Waals surface area contributed by atoms with Gasteiger partial charge in [0.2, 0.25) is 0 Å². The van der Waals surface area contributed by atoms with Crippen molar-refractivity contribution in [3.63, 3.8) is 0 Å². The van der Waals surface area contributed by atoms with Crippen molar-refractivity contribution in [2.24, 2.45) is 0 Å². The predicted molar refractivity (Wildman–Crippen MR) is 115 cm³/mol. The van der Waals surface area contributed by atoms with Gasteiger partial charge in [-0.05, 0) is 19.1 Å². The molecule has 0 aliphatic carbocycles. The summed E-state index contributed by atoms with van der Waals surface area (Å²) in [4.78, 5) is 11.7. The number of aliphatic hydroxyl groups is 1. The van der Waals surface area contributed by atoms with Crippen LogP contribution in [0.4, 0.5) is 5.69 Å². The minimum absolute atomic E-state index is 0.0313. The molecule has 5 rings (SSSR count). The highest BCUT2D eigenvalue weighted by Gasteiger charge is 2.20. The van der Waals surface area contributed by atoms with Crippen LogP contribution in [-0.4, -0.2) is 62.3 Å². The van der Waals surface area contributed by atoms with Crippen molar-refractivity contribution in [3.8, 4) is 17.1 Å². The number of morpholine rings is 1. The minimum atomic E-state index is 0.0313. The van der Waals surface area contributed by atoms with Gasteiger partial charge in [-0.25, -0.2) is 14.6 Å². The van der Waals surface area contributed by atoms with Crippen molar-refractivity contribution in [2.45, 2.75) is 13.5 Å². The number of aryl methyl sites for hydroxylation is 1. The lowest BCUT2D eigenvalue weighted by Crippen LogP contribution is -2.36. The Balaban J connectivity index is 1.61. The van der Waals surface area contributed by atoms with Gasteiger partial charge in [-0.1, -0.05) is 23.8 Å². The fourth-order valence-electron chi connectivity index (χ4n) is 3.85. The van der Waals surface area contributed by atoms with Crippen molar-refractivity contribution in [2.75, 3.05) is 37.8 Å². The highest BCUT2D eigenvalue weighted by molar-refractivity contribution is 5.87. The van der Waals surface area contributed by atoms with Gasteiger partial charge in [-0.3, -0.25) is 0 Å². The molecule has 1 fully saturated rings. The summed E-state index contributed by atoms with van der Waals surface area (Å²) in [5.41, 5.74) is 5.77. The van der Waals surface area contributed by atoms with Crippen molar-refractivity contribution < 1.29 is 9.84 Å². The normalized spacial score (nSPS) is 14.5. The van der Waals surface area contributed by atoms with E-state index in [1.54, 1.807) is 11.0 Å². The molecule has 8 heteroatoms. The number of ether oxygens (including phenoxy) is 1. The molecule has 0 unspecified atom stereocenters. The largest absolute Gasteiger partial charge is 0.395 e. The number of nitrogens with zero attached hydrogens (tertiary/aromatic N) is 6. The zero-order valence-corrected chi connectivity index (χ0v) is 16.9. The summed E-state index contributed by atoms with van der Waals surface area (Å²) in [6.07, 6.45) is 3.67. The number of hydrogen-bond donors (Lipinski definition) is 1. The van der Waals surface area contributed by atoms with Gasteiger partial charge < -0.3 is 19.3 Å². The lowest BCUT2D eigenvalue weighted by molar-refractivity contribution is 0.123. The van der Waals surface area contributed by atoms with Crippen LogP contribution < -0.4 is 4.90 Å². The Bertz CT molecular complexity index is 1180. The fraction of sp³-hybridized carbons (Fsp3) is 0.318. The molecule has 8 nitrogen and oxygen atoms in total. The molecule has 1 aliphatic heterocycles. The predicted octanol–water partition coefficient (Wildman–Crippen LogP) is 2.42. The van der Waals surface area contributed by atoms with Crippen molar-refractivity contribution in [3.05, 3.63) is 54.5 Å². The van der Waals surface area contributed by atoms with E-state index in [4.69, 9.17) is 14.8 Å². The summed E-state index contributed by atoms with van der Waals surface area (Å²) in [5, 5.41) is 14.2. The van der Waals surface area contributed by atoms with Crippen LogP contribution in [0.25, 0.3) is 28.2 Å². The lowest BCUT2D eigenvalue weighted by atomic mass is 10.1. The monoisotopic (exact) mass is 404 g/mol. The number of benzene rings is 1. The van der Waals surface area contributed by atoms with Gasteiger partial charge in [0.1, 0.15) is 5.52 Å². The average Bonchev–Trinajstić information content (AvgIpc) is 3.42. The highest BCUT2D eigenvalue weighted by Crippen LogP contribution is 2.28. The Morgan fingerprint density at radius 3 is 2.80 bits per heavy atom. The first-order valence-corrected chi connectivity index (χ1v) is 10.2. The second kappa shape index (κ2) is 7.89. The second-order valence-electron chi connectivity index (χ2n) is 7.45. The third-order valence-corrected chi connectivity index (χ3v) is 5.37. The van der Waals surface area contributed by atoms with Gasteiger partial charge in [-0.2, -0.15) is 5.10 Å². The van der Waals surface area contributed by atoms with Crippen LogP contribution >= 0.6 is 0 Å². The van der Waals surface area contributed by atoms with E-state index in [2.05, 4.69) is 35.0 Å². The molecule has 0 amide bonds. The molecule has 1 aliphatic rings. The van der Waals surface area contributed by atoms with Crippen LogP contribution in [0.15, 0.2) is 48.9 Å². The summed E-state index contributed by atoms with van der Waals surface area (Å²) in [5.74, 6) is 0.725. The van der Waals surface area contributed by atoms with E-state index in [1.165, 1.54) is 5.56 Å². The van der Waals surface area contributed by atoms with Gasteiger partial charge in [0.15, 0.2) is 11.5 Å². The average molecular weight is 404 g/mol. The summed E-state index contributed by atoms with van der Waals surface area (Å²) < 4.78 is 9.21. The molecule has 3 aromatic heterocycles. The Morgan fingerprint density at radius 1 is 1.13 bits per heavy atom. The van der Waals surface area contributed by atoms with E-state index in [1.807, 2.05) is 29.0 Å². The number of anilines is 1. The van der Waals surface area contributed by atoms with E-state index in [0.29, 0.717) is 19.8 Å². The molecule has 0 radical (unpaired) electrons. The van der Waals surface area contributed by atoms with Crippen LogP contribution in [0, 0.1) is 6.92 Å². The fourth-order valence-corrected chi connectivity index (χ4v) is 3.85. The first kappa shape index (κ1) is 18.8. The van der Waals surface area contributed by atoms with Crippen molar-refractivity contribution >= 4 is 16.9 Å². The molecule has 4 aromatic rings. The number of pyridine rings is 1. The number of aliphatic hydroxyl groups excluding tert-OH is 1. The van der Waals surface area contributed by atoms with Crippen LogP contribution in [-0.2, 0) is 11.3 Å². The summed E-state index contributed by atoms with van der Waals surface area (Å²) in [7, 11) is 0. The van der Waals surface area contributed by atoms with E-state index in [-0.39, 0.29) is 6.61 Å². The second-order valence-corrected chi connectivity index (χ2v) is 7.45. The Labute approximate surface area is 174 Å². The smallest absolute Gasteiger partial charge is 0.164 e. The van der Waals surface area contributed by atoms with Gasteiger partial charge >= 0.3 is 0 Å². The van der Waals surface area contributed by atoms with Gasteiger partial charge in [0.05, 0.1) is 37.5 Å². The number of aromatic nitrogens is 5.